The molecule has 0 atom stereocenters. The van der Waals surface area contributed by atoms with Crippen LogP contribution in [0.5, 0.6) is 0 Å². The first-order valence-corrected chi connectivity index (χ1v) is 6.82. The summed E-state index contributed by atoms with van der Waals surface area (Å²) in [5.74, 6) is 0. The Morgan fingerprint density at radius 1 is 1.21 bits per heavy atom. The van der Waals surface area contributed by atoms with Gasteiger partial charge in [-0.05, 0) is 25.5 Å². The molecule has 0 saturated carbocycles. The lowest BCUT2D eigenvalue weighted by Crippen LogP contribution is -2.07. The summed E-state index contributed by atoms with van der Waals surface area (Å²) in [6.45, 7) is 1.47. The zero-order chi connectivity index (χ0) is 14.5. The molecule has 0 aliphatic rings. The number of rotatable bonds is 5. The quantitative estimate of drug-likeness (QED) is 0.476. The van der Waals surface area contributed by atoms with E-state index in [1.807, 2.05) is 0 Å². The maximum Gasteiger partial charge on any atom is 0.409 e. The van der Waals surface area contributed by atoms with Crippen LogP contribution in [-0.4, -0.2) is 21.2 Å². The van der Waals surface area contributed by atoms with Crippen molar-refractivity contribution >= 4 is 10.1 Å². The summed E-state index contributed by atoms with van der Waals surface area (Å²) in [7, 11) is -3.91. The van der Waals surface area contributed by atoms with Crippen LogP contribution in [0, 0.1) is 6.92 Å². The van der Waals surface area contributed by atoms with Crippen LogP contribution in [-0.2, 0) is 14.3 Å². The third-order valence-corrected chi connectivity index (χ3v) is 3.47. The predicted octanol–water partition coefficient (Wildman–Crippen LogP) is 3.21. The van der Waals surface area contributed by atoms with Crippen molar-refractivity contribution in [3.05, 3.63) is 42.0 Å². The minimum absolute atomic E-state index is 0.0158. The van der Waals surface area contributed by atoms with Crippen LogP contribution in [0.25, 0.3) is 0 Å². The Labute approximate surface area is 109 Å². The molecule has 0 amide bonds. The molecule has 0 N–H and O–H groups in total. The SMILES string of the molecule is Cc1ccc(S(=O)(=O)OCC/C=C\C(F)(F)F)cc1. The minimum Gasteiger partial charge on any atom is -0.266 e. The van der Waals surface area contributed by atoms with Crippen LogP contribution in [0.2, 0.25) is 0 Å². The van der Waals surface area contributed by atoms with Crippen molar-refractivity contribution in [3.8, 4) is 0 Å². The van der Waals surface area contributed by atoms with Crippen molar-refractivity contribution in [1.29, 1.82) is 0 Å². The fourth-order valence-electron chi connectivity index (χ4n) is 1.22. The Hall–Kier alpha value is -1.34. The normalized spacial score (nSPS) is 13.1. The first-order valence-electron chi connectivity index (χ1n) is 5.41. The Morgan fingerprint density at radius 2 is 1.79 bits per heavy atom. The molecule has 1 rings (SSSR count). The van der Waals surface area contributed by atoms with Crippen molar-refractivity contribution in [3.63, 3.8) is 0 Å². The molecule has 1 aromatic rings. The lowest BCUT2D eigenvalue weighted by atomic mass is 10.2. The first-order chi connectivity index (χ1) is 8.71. The van der Waals surface area contributed by atoms with Crippen molar-refractivity contribution in [1.82, 2.24) is 0 Å². The van der Waals surface area contributed by atoms with Gasteiger partial charge in [0, 0.05) is 6.08 Å². The molecule has 0 radical (unpaired) electrons. The Bertz CT molecular complexity index is 530. The molecule has 0 bridgehead atoms. The van der Waals surface area contributed by atoms with Crippen LogP contribution in [0.3, 0.4) is 0 Å². The van der Waals surface area contributed by atoms with Gasteiger partial charge in [0.2, 0.25) is 0 Å². The maximum atomic E-state index is 11.8. The van der Waals surface area contributed by atoms with E-state index >= 15 is 0 Å². The van der Waals surface area contributed by atoms with Crippen LogP contribution >= 0.6 is 0 Å². The third kappa shape index (κ3) is 5.89. The van der Waals surface area contributed by atoms with E-state index in [1.54, 1.807) is 19.1 Å². The van der Waals surface area contributed by atoms with E-state index in [-0.39, 0.29) is 24.0 Å². The minimum atomic E-state index is -4.39. The molecule has 0 spiro atoms. The van der Waals surface area contributed by atoms with Gasteiger partial charge in [0.25, 0.3) is 10.1 Å². The van der Waals surface area contributed by atoms with Crippen LogP contribution in [0.4, 0.5) is 13.2 Å². The fraction of sp³-hybridized carbons (Fsp3) is 0.333. The van der Waals surface area contributed by atoms with E-state index in [0.29, 0.717) is 0 Å². The smallest absolute Gasteiger partial charge is 0.266 e. The average molecular weight is 294 g/mol. The third-order valence-electron chi connectivity index (χ3n) is 2.14. The summed E-state index contributed by atoms with van der Waals surface area (Å²) >= 11 is 0. The number of benzene rings is 1. The predicted molar refractivity (Wildman–Crippen MR) is 64.1 cm³/mol. The second kappa shape index (κ2) is 6.21. The number of hydrogen-bond acceptors (Lipinski definition) is 3. The summed E-state index contributed by atoms with van der Waals surface area (Å²) in [6, 6.07) is 5.99. The summed E-state index contributed by atoms with van der Waals surface area (Å²) in [6.07, 6.45) is -3.65. The van der Waals surface area contributed by atoms with E-state index < -0.39 is 16.3 Å². The Kier molecular flexibility index (Phi) is 5.13. The number of halogens is 3. The zero-order valence-electron chi connectivity index (χ0n) is 10.1. The Balaban J connectivity index is 2.53. The van der Waals surface area contributed by atoms with E-state index in [0.717, 1.165) is 11.6 Å². The maximum absolute atomic E-state index is 11.8. The van der Waals surface area contributed by atoms with Gasteiger partial charge in [0.15, 0.2) is 0 Å². The van der Waals surface area contributed by atoms with Crippen LogP contribution in [0.1, 0.15) is 12.0 Å². The van der Waals surface area contributed by atoms with Gasteiger partial charge >= 0.3 is 6.18 Å². The molecule has 0 heterocycles. The standard InChI is InChI=1S/C12H13F3O3S/c1-10-4-6-11(7-5-10)19(16,17)18-9-3-2-8-12(13,14)15/h2,4-8H,3,9H2,1H3/b8-2-. The van der Waals surface area contributed by atoms with E-state index in [9.17, 15) is 21.6 Å². The van der Waals surface area contributed by atoms with E-state index in [1.165, 1.54) is 12.1 Å². The number of alkyl halides is 3. The van der Waals surface area contributed by atoms with Crippen molar-refractivity contribution in [2.45, 2.75) is 24.4 Å². The van der Waals surface area contributed by atoms with Gasteiger partial charge in [-0.3, -0.25) is 4.18 Å². The van der Waals surface area contributed by atoms with Crippen molar-refractivity contribution in [2.24, 2.45) is 0 Å². The summed E-state index contributed by atoms with van der Waals surface area (Å²) in [5.41, 5.74) is 0.895. The van der Waals surface area contributed by atoms with Gasteiger partial charge in [-0.1, -0.05) is 23.8 Å². The molecule has 7 heteroatoms. The molecule has 0 fully saturated rings. The van der Waals surface area contributed by atoms with Gasteiger partial charge in [-0.2, -0.15) is 21.6 Å². The summed E-state index contributed by atoms with van der Waals surface area (Å²) in [4.78, 5) is -0.0158. The molecule has 19 heavy (non-hydrogen) atoms. The van der Waals surface area contributed by atoms with Crippen LogP contribution < -0.4 is 0 Å². The van der Waals surface area contributed by atoms with Gasteiger partial charge < -0.3 is 0 Å². The average Bonchev–Trinajstić information content (AvgIpc) is 2.27. The van der Waals surface area contributed by atoms with Gasteiger partial charge in [-0.15, -0.1) is 0 Å². The number of allylic oxidation sites excluding steroid dienone is 1. The molecule has 0 aromatic heterocycles. The first kappa shape index (κ1) is 15.7. The summed E-state index contributed by atoms with van der Waals surface area (Å²) < 4.78 is 63.2. The highest BCUT2D eigenvalue weighted by molar-refractivity contribution is 7.86. The van der Waals surface area contributed by atoms with E-state index in [2.05, 4.69) is 4.18 Å². The van der Waals surface area contributed by atoms with Gasteiger partial charge in [0.1, 0.15) is 0 Å². The lowest BCUT2D eigenvalue weighted by Gasteiger charge is -2.04. The molecular weight excluding hydrogens is 281 g/mol. The molecule has 0 aliphatic carbocycles. The topological polar surface area (TPSA) is 43.4 Å². The van der Waals surface area contributed by atoms with Crippen LogP contribution in [0.15, 0.2) is 41.3 Å². The largest absolute Gasteiger partial charge is 0.409 e. The number of aryl methyl sites for hydroxylation is 1. The fourth-order valence-corrected chi connectivity index (χ4v) is 2.14. The van der Waals surface area contributed by atoms with Gasteiger partial charge in [0.05, 0.1) is 11.5 Å². The van der Waals surface area contributed by atoms with Crippen molar-refractivity contribution in [2.75, 3.05) is 6.61 Å². The Morgan fingerprint density at radius 3 is 2.32 bits per heavy atom. The molecule has 0 aliphatic heterocycles. The lowest BCUT2D eigenvalue weighted by molar-refractivity contribution is -0.0800. The molecule has 0 unspecified atom stereocenters. The van der Waals surface area contributed by atoms with E-state index in [4.69, 9.17) is 0 Å². The summed E-state index contributed by atoms with van der Waals surface area (Å²) in [5, 5.41) is 0. The molecule has 106 valence electrons. The van der Waals surface area contributed by atoms with Gasteiger partial charge in [-0.25, -0.2) is 0 Å². The monoisotopic (exact) mass is 294 g/mol. The van der Waals surface area contributed by atoms with Crippen molar-refractivity contribution < 1.29 is 25.8 Å². The zero-order valence-corrected chi connectivity index (χ0v) is 11.0. The second-order valence-corrected chi connectivity index (χ2v) is 5.44. The molecule has 3 nitrogen and oxygen atoms in total. The highest BCUT2D eigenvalue weighted by Crippen LogP contribution is 2.17. The number of hydrogen-bond donors (Lipinski definition) is 0. The highest BCUT2D eigenvalue weighted by Gasteiger charge is 2.21. The highest BCUT2D eigenvalue weighted by atomic mass is 32.2. The second-order valence-electron chi connectivity index (χ2n) is 3.82. The molecule has 0 saturated heterocycles. The molecular formula is C12H13F3O3S. The molecule has 1 aromatic carbocycles.